The van der Waals surface area contributed by atoms with Crippen LogP contribution >= 0.6 is 0 Å². The van der Waals surface area contributed by atoms with E-state index in [4.69, 9.17) is 19.9 Å². The molecular formula is C34H32F2N2O6. The molecule has 5 rings (SSSR count). The van der Waals surface area contributed by atoms with Crippen LogP contribution in [0.5, 0.6) is 5.75 Å². The third-order valence-corrected chi connectivity index (χ3v) is 7.91. The van der Waals surface area contributed by atoms with E-state index in [1.165, 1.54) is 48.4 Å². The molecule has 3 atom stereocenters. The Labute approximate surface area is 253 Å². The van der Waals surface area contributed by atoms with Crippen LogP contribution in [0.4, 0.5) is 14.5 Å². The molecule has 0 spiro atoms. The molecule has 1 aliphatic carbocycles. The highest BCUT2D eigenvalue weighted by Gasteiger charge is 2.52. The summed E-state index contributed by atoms with van der Waals surface area (Å²) in [6.45, 7) is 3.19. The van der Waals surface area contributed by atoms with Crippen LogP contribution in [-0.2, 0) is 23.9 Å². The van der Waals surface area contributed by atoms with E-state index in [0.717, 1.165) is 0 Å². The lowest BCUT2D eigenvalue weighted by atomic mass is 9.66. The Morgan fingerprint density at radius 1 is 0.932 bits per heavy atom. The van der Waals surface area contributed by atoms with Crippen LogP contribution in [0.2, 0.25) is 0 Å². The molecule has 0 radical (unpaired) electrons. The first kappa shape index (κ1) is 30.5. The minimum Gasteiger partial charge on any atom is -0.497 e. The molecule has 44 heavy (non-hydrogen) atoms. The molecule has 0 saturated heterocycles. The number of ether oxygens (including phenoxy) is 3. The molecule has 228 valence electrons. The molecule has 8 nitrogen and oxygen atoms in total. The van der Waals surface area contributed by atoms with E-state index in [0.29, 0.717) is 11.3 Å². The van der Waals surface area contributed by atoms with Crippen molar-refractivity contribution in [1.29, 1.82) is 0 Å². The van der Waals surface area contributed by atoms with Gasteiger partial charge in [-0.15, -0.1) is 0 Å². The number of Topliss-reactive ketones (excluding diaryl/α,β-unsaturated/α-hetero) is 1. The molecule has 1 heterocycles. The fraction of sp³-hybridized carbons (Fsp3) is 0.265. The summed E-state index contributed by atoms with van der Waals surface area (Å²) in [6.07, 6.45) is -0.00614. The normalized spacial score (nSPS) is 19.9. The Kier molecular flexibility index (Phi) is 8.80. The van der Waals surface area contributed by atoms with Crippen molar-refractivity contribution in [3.8, 4) is 5.75 Å². The fourth-order valence-corrected chi connectivity index (χ4v) is 6.05. The molecule has 1 aliphatic heterocycles. The summed E-state index contributed by atoms with van der Waals surface area (Å²) in [4.78, 5) is 43.2. The molecule has 2 N–H and O–H groups in total. The van der Waals surface area contributed by atoms with Gasteiger partial charge in [-0.25, -0.2) is 13.6 Å². The van der Waals surface area contributed by atoms with Gasteiger partial charge in [0, 0.05) is 22.8 Å². The van der Waals surface area contributed by atoms with Gasteiger partial charge in [0.05, 0.1) is 37.5 Å². The van der Waals surface area contributed by atoms with Gasteiger partial charge in [-0.2, -0.15) is 0 Å². The lowest BCUT2D eigenvalue weighted by molar-refractivity contribution is -0.152. The molecule has 0 unspecified atom stereocenters. The van der Waals surface area contributed by atoms with Gasteiger partial charge in [-0.1, -0.05) is 42.5 Å². The number of nitrogens with zero attached hydrogens (tertiary/aromatic N) is 1. The Bertz CT molecular complexity index is 1680. The third-order valence-electron chi connectivity index (χ3n) is 7.91. The van der Waals surface area contributed by atoms with E-state index in [1.807, 2.05) is 0 Å². The number of anilines is 1. The fourth-order valence-electron chi connectivity index (χ4n) is 6.05. The number of carbonyl (C=O) groups is 3. The summed E-state index contributed by atoms with van der Waals surface area (Å²) in [7, 11) is 1.50. The van der Waals surface area contributed by atoms with Crippen molar-refractivity contribution in [3.63, 3.8) is 0 Å². The van der Waals surface area contributed by atoms with Crippen LogP contribution in [-0.4, -0.2) is 38.0 Å². The van der Waals surface area contributed by atoms with Gasteiger partial charge in [-0.05, 0) is 56.2 Å². The molecule has 2 aliphatic rings. The Morgan fingerprint density at radius 2 is 1.61 bits per heavy atom. The van der Waals surface area contributed by atoms with Crippen molar-refractivity contribution in [2.45, 2.75) is 32.1 Å². The van der Waals surface area contributed by atoms with Gasteiger partial charge in [0.1, 0.15) is 29.1 Å². The maximum Gasteiger partial charge on any atom is 0.338 e. The zero-order valence-corrected chi connectivity index (χ0v) is 24.5. The number of hydrogen-bond acceptors (Lipinski definition) is 8. The summed E-state index contributed by atoms with van der Waals surface area (Å²) in [5.74, 6) is -6.95. The van der Waals surface area contributed by atoms with E-state index in [1.54, 1.807) is 50.2 Å². The van der Waals surface area contributed by atoms with Crippen LogP contribution in [0, 0.1) is 17.6 Å². The van der Waals surface area contributed by atoms with Crippen LogP contribution in [0.15, 0.2) is 95.5 Å². The lowest BCUT2D eigenvalue weighted by Gasteiger charge is -2.44. The summed E-state index contributed by atoms with van der Waals surface area (Å²) in [6, 6.07) is 18.4. The minimum absolute atomic E-state index is 0.00614. The number of methoxy groups -OCH3 is 1. The first-order valence-electron chi connectivity index (χ1n) is 14.3. The average Bonchev–Trinajstić information content (AvgIpc) is 3.01. The number of carbonyl (C=O) groups excluding carboxylic acids is 3. The maximum atomic E-state index is 15.6. The van der Waals surface area contributed by atoms with Crippen molar-refractivity contribution in [1.82, 2.24) is 0 Å². The highest BCUT2D eigenvalue weighted by Crippen LogP contribution is 2.52. The number of halogens is 2. The van der Waals surface area contributed by atoms with Gasteiger partial charge >= 0.3 is 11.9 Å². The number of nitrogens with two attached hydrogens (primary N) is 1. The molecule has 3 aromatic carbocycles. The lowest BCUT2D eigenvalue weighted by Crippen LogP contribution is -2.47. The molecular weight excluding hydrogens is 570 g/mol. The first-order valence-corrected chi connectivity index (χ1v) is 14.3. The number of allylic oxidation sites excluding steroid dienone is 2. The van der Waals surface area contributed by atoms with Gasteiger partial charge in [0.25, 0.3) is 0 Å². The van der Waals surface area contributed by atoms with Crippen molar-refractivity contribution in [2.24, 2.45) is 11.7 Å². The monoisotopic (exact) mass is 602 g/mol. The van der Waals surface area contributed by atoms with Crippen molar-refractivity contribution < 1.29 is 37.4 Å². The SMILES string of the molecule is CCOC(=O)C1=C(N)N(c2ccccc2F)C2=C(C(=O)[C@H](C(=O)OCC)[C@@H](c3cccc(OC)c3)C2)[C@@H]1c1ccccc1F. The van der Waals surface area contributed by atoms with E-state index >= 15 is 8.78 Å². The topological polar surface area (TPSA) is 108 Å². The Hall–Kier alpha value is -4.99. The second-order valence-electron chi connectivity index (χ2n) is 10.3. The third kappa shape index (κ3) is 5.32. The maximum absolute atomic E-state index is 15.6. The van der Waals surface area contributed by atoms with Crippen LogP contribution in [0.3, 0.4) is 0 Å². The van der Waals surface area contributed by atoms with Crippen molar-refractivity contribution in [2.75, 3.05) is 25.2 Å². The molecule has 0 aromatic heterocycles. The number of ketones is 1. The molecule has 0 bridgehead atoms. The first-order chi connectivity index (χ1) is 21.2. The predicted molar refractivity (Wildman–Crippen MR) is 158 cm³/mol. The van der Waals surface area contributed by atoms with Crippen LogP contribution < -0.4 is 15.4 Å². The second-order valence-corrected chi connectivity index (χ2v) is 10.3. The van der Waals surface area contributed by atoms with E-state index < -0.39 is 47.1 Å². The smallest absolute Gasteiger partial charge is 0.338 e. The molecule has 0 amide bonds. The molecule has 0 saturated carbocycles. The Balaban J connectivity index is 1.85. The van der Waals surface area contributed by atoms with E-state index in [2.05, 4.69) is 0 Å². The summed E-state index contributed by atoms with van der Waals surface area (Å²) < 4.78 is 47.2. The Morgan fingerprint density at radius 3 is 2.27 bits per heavy atom. The number of hydrogen-bond donors (Lipinski definition) is 1. The number of esters is 2. The molecule has 10 heteroatoms. The molecule has 0 fully saturated rings. The highest BCUT2D eigenvalue weighted by molar-refractivity contribution is 6.14. The van der Waals surface area contributed by atoms with Crippen LogP contribution in [0.1, 0.15) is 43.2 Å². The minimum atomic E-state index is -1.36. The van der Waals surface area contributed by atoms with Gasteiger partial charge in [0.2, 0.25) is 0 Å². The predicted octanol–water partition coefficient (Wildman–Crippen LogP) is 5.50. The van der Waals surface area contributed by atoms with Gasteiger partial charge in [-0.3, -0.25) is 14.5 Å². The van der Waals surface area contributed by atoms with E-state index in [9.17, 15) is 14.4 Å². The zero-order chi connectivity index (χ0) is 31.5. The summed E-state index contributed by atoms with van der Waals surface area (Å²) in [5.41, 5.74) is 7.19. The molecule has 3 aromatic rings. The number of para-hydroxylation sites is 1. The summed E-state index contributed by atoms with van der Waals surface area (Å²) >= 11 is 0. The average molecular weight is 603 g/mol. The number of benzene rings is 3. The van der Waals surface area contributed by atoms with Gasteiger partial charge in [0.15, 0.2) is 5.78 Å². The van der Waals surface area contributed by atoms with E-state index in [-0.39, 0.29) is 53.5 Å². The zero-order valence-electron chi connectivity index (χ0n) is 24.5. The second kappa shape index (κ2) is 12.7. The quantitative estimate of drug-likeness (QED) is 0.266. The standard InChI is InChI=1S/C34H32F2N2O6/c1-4-43-33(40)28-22(19-11-10-12-20(17-19)42-3)18-26-29(31(28)39)27(21-13-6-7-14-23(21)35)30(34(41)44-5-2)32(37)38(26)25-16-9-8-15-24(25)36/h6-17,22,27-28H,4-5,18,37H2,1-3H3/t22-,27+,28-/m1/s1. The van der Waals surface area contributed by atoms with Crippen LogP contribution in [0.25, 0.3) is 0 Å². The van der Waals surface area contributed by atoms with Crippen molar-refractivity contribution >= 4 is 23.4 Å². The largest absolute Gasteiger partial charge is 0.497 e. The highest BCUT2D eigenvalue weighted by atomic mass is 19.1. The van der Waals surface area contributed by atoms with Crippen molar-refractivity contribution in [3.05, 3.63) is 118 Å². The number of rotatable bonds is 8. The summed E-state index contributed by atoms with van der Waals surface area (Å²) in [5, 5.41) is 0. The van der Waals surface area contributed by atoms with Gasteiger partial charge < -0.3 is 19.9 Å².